The molecule has 0 radical (unpaired) electrons. The van der Waals surface area contributed by atoms with Gasteiger partial charge in [0.1, 0.15) is 13.2 Å². The van der Waals surface area contributed by atoms with Crippen LogP contribution in [0.1, 0.15) is 264 Å². The summed E-state index contributed by atoms with van der Waals surface area (Å²) in [7, 11) is 1.62. The fraction of sp³-hybridized carbons (Fsp3) is 0.942. The zero-order chi connectivity index (χ0) is 45.0. The molecule has 0 aliphatic heterocycles. The van der Waals surface area contributed by atoms with Crippen LogP contribution in [0.4, 0.5) is 0 Å². The van der Waals surface area contributed by atoms with E-state index < -0.39 is 20.0 Å². The lowest BCUT2D eigenvalue weighted by atomic mass is 10.0. The van der Waals surface area contributed by atoms with Gasteiger partial charge in [0.05, 0.1) is 39.9 Å². The molecule has 3 N–H and O–H groups in total. The maximum Gasteiger partial charge on any atom is 0.472 e. The van der Waals surface area contributed by atoms with E-state index in [1.54, 1.807) is 0 Å². The number of amides is 1. The molecular weight excluding hydrogens is 780 g/mol. The predicted octanol–water partition coefficient (Wildman–Crippen LogP) is 15.5. The first-order valence-corrected chi connectivity index (χ1v) is 28.0. The predicted molar refractivity (Wildman–Crippen MR) is 263 cm³/mol. The van der Waals surface area contributed by atoms with E-state index in [0.29, 0.717) is 23.9 Å². The number of aliphatic hydroxyl groups excluding tert-OH is 1. The van der Waals surface area contributed by atoms with Gasteiger partial charge in [0.2, 0.25) is 5.91 Å². The van der Waals surface area contributed by atoms with Gasteiger partial charge in [0, 0.05) is 6.42 Å². The topological polar surface area (TPSA) is 105 Å². The number of rotatable bonds is 49. The second kappa shape index (κ2) is 44.4. The van der Waals surface area contributed by atoms with Crippen LogP contribution in [-0.2, 0) is 18.4 Å². The van der Waals surface area contributed by atoms with Crippen LogP contribution in [0.3, 0.4) is 0 Å². The van der Waals surface area contributed by atoms with Crippen molar-refractivity contribution >= 4 is 13.7 Å². The molecule has 364 valence electrons. The molecule has 0 aliphatic carbocycles. The number of hydrogen-bond acceptors (Lipinski definition) is 5. The fourth-order valence-electron chi connectivity index (χ4n) is 8.04. The molecule has 0 saturated heterocycles. The van der Waals surface area contributed by atoms with Crippen LogP contribution in [0.25, 0.3) is 0 Å². The summed E-state index contributed by atoms with van der Waals surface area (Å²) in [5.41, 5.74) is 0. The monoisotopic (exact) mass is 886 g/mol. The third-order valence-electron chi connectivity index (χ3n) is 12.3. The maximum atomic E-state index is 13.0. The van der Waals surface area contributed by atoms with Crippen molar-refractivity contribution < 1.29 is 32.9 Å². The number of carbonyl (C=O) groups is 1. The summed E-state index contributed by atoms with van der Waals surface area (Å²) >= 11 is 0. The number of nitrogens with one attached hydrogen (secondary N) is 1. The van der Waals surface area contributed by atoms with Crippen LogP contribution in [0.2, 0.25) is 0 Å². The minimum absolute atomic E-state index is 0.0761. The number of hydrogen-bond donors (Lipinski definition) is 3. The number of aliphatic hydroxyl groups is 1. The van der Waals surface area contributed by atoms with Gasteiger partial charge in [-0.1, -0.05) is 231 Å². The smallest absolute Gasteiger partial charge is 0.391 e. The SMILES string of the molecule is CCCCCCCCCC/C=C\CCCCCCCCCC(=O)NC(COP(=O)(O)OCC[N+](C)(C)C)C(O)CCCCCCCCCCCCCCCCCCCCCC. The van der Waals surface area contributed by atoms with Crippen molar-refractivity contribution in [3.63, 3.8) is 0 Å². The number of nitrogens with zero attached hydrogens (tertiary/aromatic N) is 1. The van der Waals surface area contributed by atoms with Crippen LogP contribution in [0.15, 0.2) is 12.2 Å². The number of allylic oxidation sites excluding steroid dienone is 2. The summed E-state index contributed by atoms with van der Waals surface area (Å²) in [6.45, 7) is 4.92. The Balaban J connectivity index is 4.23. The van der Waals surface area contributed by atoms with E-state index in [2.05, 4.69) is 31.3 Å². The molecule has 0 rings (SSSR count). The Bertz CT molecular complexity index is 1000. The molecule has 0 heterocycles. The van der Waals surface area contributed by atoms with Crippen molar-refractivity contribution in [1.82, 2.24) is 5.32 Å². The average molecular weight is 886 g/mol. The molecular formula is C52H106N2O6P+. The molecule has 0 aromatic carbocycles. The first kappa shape index (κ1) is 60.2. The zero-order valence-corrected chi connectivity index (χ0v) is 42.3. The van der Waals surface area contributed by atoms with Crippen molar-refractivity contribution in [2.24, 2.45) is 0 Å². The van der Waals surface area contributed by atoms with Gasteiger partial charge < -0.3 is 19.8 Å². The van der Waals surface area contributed by atoms with Crippen molar-refractivity contribution in [2.45, 2.75) is 276 Å². The molecule has 3 atom stereocenters. The van der Waals surface area contributed by atoms with Crippen LogP contribution in [0, 0.1) is 0 Å². The van der Waals surface area contributed by atoms with Gasteiger partial charge in [-0.25, -0.2) is 4.57 Å². The lowest BCUT2D eigenvalue weighted by Crippen LogP contribution is -2.46. The van der Waals surface area contributed by atoms with Crippen LogP contribution in [-0.4, -0.2) is 73.4 Å². The molecule has 1 amide bonds. The van der Waals surface area contributed by atoms with Gasteiger partial charge in [-0.05, 0) is 38.5 Å². The number of unbranched alkanes of at least 4 members (excludes halogenated alkanes) is 34. The van der Waals surface area contributed by atoms with Crippen molar-refractivity contribution in [3.8, 4) is 0 Å². The Hall–Kier alpha value is -0.760. The Morgan fingerprint density at radius 2 is 0.885 bits per heavy atom. The van der Waals surface area contributed by atoms with Gasteiger partial charge in [0.25, 0.3) is 0 Å². The van der Waals surface area contributed by atoms with E-state index in [-0.39, 0.29) is 19.1 Å². The van der Waals surface area contributed by atoms with E-state index in [4.69, 9.17) is 9.05 Å². The summed E-state index contributed by atoms with van der Waals surface area (Å²) < 4.78 is 23.7. The van der Waals surface area contributed by atoms with E-state index >= 15 is 0 Å². The van der Waals surface area contributed by atoms with E-state index in [1.807, 2.05) is 21.1 Å². The lowest BCUT2D eigenvalue weighted by molar-refractivity contribution is -0.870. The molecule has 0 aromatic heterocycles. The molecule has 0 spiro atoms. The highest BCUT2D eigenvalue weighted by Gasteiger charge is 2.28. The Labute approximate surface area is 380 Å². The standard InChI is InChI=1S/C52H105N2O6P/c1-6-8-10-12-14-16-18-20-22-24-26-28-29-31-33-35-37-39-41-43-45-51(55)50(49-60-61(57,58)59-48-47-54(3,4)5)53-52(56)46-44-42-40-38-36-34-32-30-27-25-23-21-19-17-15-13-11-9-7-2/h25,27,50-51,55H,6-24,26,28-49H2,1-5H3,(H-,53,56,57,58)/p+1/b27-25-. The van der Waals surface area contributed by atoms with Gasteiger partial charge in [0.15, 0.2) is 0 Å². The molecule has 0 bridgehead atoms. The third-order valence-corrected chi connectivity index (χ3v) is 13.2. The quantitative estimate of drug-likeness (QED) is 0.0243. The molecule has 3 unspecified atom stereocenters. The Morgan fingerprint density at radius 3 is 1.26 bits per heavy atom. The Kier molecular flexibility index (Phi) is 43.9. The highest BCUT2D eigenvalue weighted by atomic mass is 31.2. The summed E-state index contributed by atoms with van der Waals surface area (Å²) in [5.74, 6) is -0.145. The number of likely N-dealkylation sites (N-methyl/N-ethyl adjacent to an activating group) is 1. The van der Waals surface area contributed by atoms with Crippen molar-refractivity contribution in [1.29, 1.82) is 0 Å². The second-order valence-corrected chi connectivity index (χ2v) is 21.1. The summed E-state index contributed by atoms with van der Waals surface area (Å²) in [6, 6.07) is -0.760. The van der Waals surface area contributed by atoms with Gasteiger partial charge in [-0.2, -0.15) is 0 Å². The first-order valence-electron chi connectivity index (χ1n) is 26.6. The minimum atomic E-state index is -4.32. The molecule has 0 aliphatic rings. The van der Waals surface area contributed by atoms with Gasteiger partial charge >= 0.3 is 7.82 Å². The van der Waals surface area contributed by atoms with Crippen molar-refractivity contribution in [2.75, 3.05) is 40.9 Å². The molecule has 9 heteroatoms. The number of phosphoric ester groups is 1. The molecule has 61 heavy (non-hydrogen) atoms. The second-order valence-electron chi connectivity index (χ2n) is 19.6. The summed E-state index contributed by atoms with van der Waals surface area (Å²) in [6.07, 6.45) is 52.5. The Morgan fingerprint density at radius 1 is 0.541 bits per heavy atom. The van der Waals surface area contributed by atoms with E-state index in [1.165, 1.54) is 199 Å². The summed E-state index contributed by atoms with van der Waals surface area (Å²) in [4.78, 5) is 23.3. The highest BCUT2D eigenvalue weighted by molar-refractivity contribution is 7.47. The molecule has 0 fully saturated rings. The van der Waals surface area contributed by atoms with Crippen molar-refractivity contribution in [3.05, 3.63) is 12.2 Å². The normalized spacial score (nSPS) is 14.1. The zero-order valence-electron chi connectivity index (χ0n) is 41.4. The minimum Gasteiger partial charge on any atom is -0.391 e. The number of carbonyl (C=O) groups excluding carboxylic acids is 1. The largest absolute Gasteiger partial charge is 0.472 e. The lowest BCUT2D eigenvalue weighted by Gasteiger charge is -2.26. The highest BCUT2D eigenvalue weighted by Crippen LogP contribution is 2.43. The molecule has 8 nitrogen and oxygen atoms in total. The number of quaternary nitrogens is 1. The van der Waals surface area contributed by atoms with Crippen LogP contribution in [0.5, 0.6) is 0 Å². The van der Waals surface area contributed by atoms with E-state index in [9.17, 15) is 19.4 Å². The van der Waals surface area contributed by atoms with E-state index in [0.717, 1.165) is 38.5 Å². The third kappa shape index (κ3) is 47.0. The van der Waals surface area contributed by atoms with Gasteiger partial charge in [-0.3, -0.25) is 13.8 Å². The number of phosphoric acid groups is 1. The summed E-state index contributed by atoms with van der Waals surface area (Å²) in [5, 5.41) is 14.0. The first-order chi connectivity index (χ1) is 29.5. The average Bonchev–Trinajstić information content (AvgIpc) is 3.21. The van der Waals surface area contributed by atoms with Crippen LogP contribution >= 0.6 is 7.82 Å². The van der Waals surface area contributed by atoms with Crippen LogP contribution < -0.4 is 5.32 Å². The molecule has 0 saturated carbocycles. The van der Waals surface area contributed by atoms with Gasteiger partial charge in [-0.15, -0.1) is 0 Å². The molecule has 0 aromatic rings. The fourth-order valence-corrected chi connectivity index (χ4v) is 8.78. The maximum absolute atomic E-state index is 13.0.